The summed E-state index contributed by atoms with van der Waals surface area (Å²) in [6.07, 6.45) is 0. The highest BCUT2D eigenvalue weighted by Gasteiger charge is 2.18. The summed E-state index contributed by atoms with van der Waals surface area (Å²) in [6.45, 7) is 5.04. The lowest BCUT2D eigenvalue weighted by atomic mass is 10.2. The van der Waals surface area contributed by atoms with Gasteiger partial charge in [0.2, 0.25) is 5.82 Å². The predicted octanol–water partition coefficient (Wildman–Crippen LogP) is 3.05. The van der Waals surface area contributed by atoms with Crippen molar-refractivity contribution in [2.75, 3.05) is 26.3 Å². The molecule has 0 atom stereocenters. The number of carbonyl (C=O) groups is 2. The summed E-state index contributed by atoms with van der Waals surface area (Å²) in [7, 11) is 0. The number of benzene rings is 1. The van der Waals surface area contributed by atoms with Gasteiger partial charge in [0.15, 0.2) is 21.9 Å². The van der Waals surface area contributed by atoms with E-state index in [0.29, 0.717) is 40.7 Å². The van der Waals surface area contributed by atoms with Crippen LogP contribution in [0.3, 0.4) is 0 Å². The van der Waals surface area contributed by atoms with Crippen LogP contribution in [0.15, 0.2) is 43.9 Å². The molecule has 0 aliphatic carbocycles. The summed E-state index contributed by atoms with van der Waals surface area (Å²) in [4.78, 5) is 28.5. The highest BCUT2D eigenvalue weighted by Crippen LogP contribution is 2.28. The molecule has 2 N–H and O–H groups in total. The SMILES string of the molecule is CCOc1ccc(C(=O)NCCNC(=O)c2nc(-c3ccc(Br)o3)no2)cc1OCC. The number of amides is 2. The van der Waals surface area contributed by atoms with E-state index in [2.05, 4.69) is 36.7 Å². The fourth-order valence-corrected chi connectivity index (χ4v) is 2.88. The molecule has 0 unspecified atom stereocenters. The van der Waals surface area contributed by atoms with Crippen LogP contribution < -0.4 is 20.1 Å². The van der Waals surface area contributed by atoms with Crippen molar-refractivity contribution in [1.29, 1.82) is 0 Å². The highest BCUT2D eigenvalue weighted by atomic mass is 79.9. The van der Waals surface area contributed by atoms with Crippen LogP contribution in [0.4, 0.5) is 0 Å². The first-order chi connectivity index (χ1) is 15.0. The van der Waals surface area contributed by atoms with Gasteiger partial charge >= 0.3 is 11.8 Å². The second-order valence-electron chi connectivity index (χ2n) is 6.07. The molecule has 0 bridgehead atoms. The maximum Gasteiger partial charge on any atom is 0.316 e. The predicted molar refractivity (Wildman–Crippen MR) is 113 cm³/mol. The van der Waals surface area contributed by atoms with Crippen LogP contribution in [0.1, 0.15) is 34.9 Å². The Morgan fingerprint density at radius 1 is 1.00 bits per heavy atom. The Morgan fingerprint density at radius 2 is 1.71 bits per heavy atom. The van der Waals surface area contributed by atoms with Gasteiger partial charge in [-0.15, -0.1) is 0 Å². The number of aromatic nitrogens is 2. The number of nitrogens with zero attached hydrogens (tertiary/aromatic N) is 2. The standard InChI is InChI=1S/C20H21BrN4O6/c1-3-28-13-6-5-12(11-15(13)29-4-2)18(26)22-9-10-23-19(27)20-24-17(25-31-20)14-7-8-16(21)30-14/h5-8,11H,3-4,9-10H2,1-2H3,(H,22,26)(H,23,27). The van der Waals surface area contributed by atoms with Crippen LogP contribution in [0.25, 0.3) is 11.6 Å². The van der Waals surface area contributed by atoms with Gasteiger partial charge in [0, 0.05) is 18.7 Å². The molecular formula is C20H21BrN4O6. The molecule has 1 aromatic carbocycles. The molecule has 0 fully saturated rings. The Kier molecular flexibility index (Phi) is 7.65. The topological polar surface area (TPSA) is 129 Å². The quantitative estimate of drug-likeness (QED) is 0.413. The molecule has 31 heavy (non-hydrogen) atoms. The summed E-state index contributed by atoms with van der Waals surface area (Å²) in [5, 5.41) is 9.03. The van der Waals surface area contributed by atoms with Gasteiger partial charge in [0.25, 0.3) is 5.91 Å². The van der Waals surface area contributed by atoms with Crippen molar-refractivity contribution in [2.24, 2.45) is 0 Å². The summed E-state index contributed by atoms with van der Waals surface area (Å²) < 4.78 is 21.8. The van der Waals surface area contributed by atoms with Crippen molar-refractivity contribution in [3.05, 3.63) is 46.5 Å². The molecule has 3 aromatic rings. The van der Waals surface area contributed by atoms with Crippen LogP contribution in [-0.2, 0) is 0 Å². The van der Waals surface area contributed by atoms with E-state index in [4.69, 9.17) is 18.4 Å². The molecule has 164 valence electrons. The fourth-order valence-electron chi connectivity index (χ4n) is 2.57. The van der Waals surface area contributed by atoms with Crippen molar-refractivity contribution in [1.82, 2.24) is 20.8 Å². The Hall–Kier alpha value is -3.34. The number of rotatable bonds is 10. The second kappa shape index (κ2) is 10.6. The zero-order valence-corrected chi connectivity index (χ0v) is 18.5. The average molecular weight is 493 g/mol. The normalized spacial score (nSPS) is 10.5. The number of hydrogen-bond acceptors (Lipinski definition) is 8. The number of carbonyl (C=O) groups excluding carboxylic acids is 2. The van der Waals surface area contributed by atoms with Crippen LogP contribution in [0.5, 0.6) is 11.5 Å². The van der Waals surface area contributed by atoms with E-state index < -0.39 is 5.91 Å². The Balaban J connectivity index is 1.49. The van der Waals surface area contributed by atoms with E-state index in [1.54, 1.807) is 30.3 Å². The van der Waals surface area contributed by atoms with Gasteiger partial charge in [-0.3, -0.25) is 9.59 Å². The monoisotopic (exact) mass is 492 g/mol. The van der Waals surface area contributed by atoms with Gasteiger partial charge in [-0.2, -0.15) is 4.98 Å². The molecule has 0 saturated heterocycles. The van der Waals surface area contributed by atoms with Gasteiger partial charge in [-0.1, -0.05) is 5.16 Å². The fraction of sp³-hybridized carbons (Fsp3) is 0.300. The van der Waals surface area contributed by atoms with E-state index >= 15 is 0 Å². The van der Waals surface area contributed by atoms with Gasteiger partial charge < -0.3 is 29.0 Å². The number of hydrogen-bond donors (Lipinski definition) is 2. The maximum absolute atomic E-state index is 12.4. The number of nitrogens with one attached hydrogen (secondary N) is 2. The Morgan fingerprint density at radius 3 is 2.39 bits per heavy atom. The summed E-state index contributed by atoms with van der Waals surface area (Å²) in [6, 6.07) is 8.28. The summed E-state index contributed by atoms with van der Waals surface area (Å²) in [5.41, 5.74) is 0.421. The van der Waals surface area contributed by atoms with Gasteiger partial charge in [0.1, 0.15) is 0 Å². The number of ether oxygens (including phenoxy) is 2. The first-order valence-electron chi connectivity index (χ1n) is 9.57. The lowest BCUT2D eigenvalue weighted by molar-refractivity contribution is 0.0898. The van der Waals surface area contributed by atoms with E-state index in [1.807, 2.05) is 13.8 Å². The Bertz CT molecular complexity index is 1050. The third-order valence-electron chi connectivity index (χ3n) is 3.92. The zero-order valence-electron chi connectivity index (χ0n) is 16.9. The minimum atomic E-state index is -0.557. The average Bonchev–Trinajstić information content (AvgIpc) is 3.41. The van der Waals surface area contributed by atoms with Crippen LogP contribution >= 0.6 is 15.9 Å². The number of furan rings is 1. The molecule has 3 rings (SSSR count). The zero-order chi connectivity index (χ0) is 22.2. The molecule has 0 saturated carbocycles. The van der Waals surface area contributed by atoms with Crippen LogP contribution in [-0.4, -0.2) is 48.3 Å². The smallest absolute Gasteiger partial charge is 0.316 e. The molecule has 0 radical (unpaired) electrons. The molecule has 11 heteroatoms. The van der Waals surface area contributed by atoms with Gasteiger partial charge in [-0.05, 0) is 60.1 Å². The van der Waals surface area contributed by atoms with Crippen molar-refractivity contribution < 1.29 is 28.0 Å². The summed E-state index contributed by atoms with van der Waals surface area (Å²) >= 11 is 3.18. The maximum atomic E-state index is 12.4. The van der Waals surface area contributed by atoms with E-state index in [-0.39, 0.29) is 30.7 Å². The third kappa shape index (κ3) is 5.85. The van der Waals surface area contributed by atoms with Crippen LogP contribution in [0.2, 0.25) is 0 Å². The minimum absolute atomic E-state index is 0.157. The highest BCUT2D eigenvalue weighted by molar-refractivity contribution is 9.10. The van der Waals surface area contributed by atoms with E-state index in [0.717, 1.165) is 0 Å². The largest absolute Gasteiger partial charge is 0.490 e. The molecular weight excluding hydrogens is 472 g/mol. The van der Waals surface area contributed by atoms with Crippen molar-refractivity contribution in [3.63, 3.8) is 0 Å². The number of halogens is 1. The first-order valence-corrected chi connectivity index (χ1v) is 10.4. The summed E-state index contributed by atoms with van der Waals surface area (Å²) in [5.74, 6) is 0.533. The molecule has 0 aliphatic heterocycles. The lowest BCUT2D eigenvalue weighted by Gasteiger charge is -2.12. The second-order valence-corrected chi connectivity index (χ2v) is 6.85. The van der Waals surface area contributed by atoms with Crippen molar-refractivity contribution >= 4 is 27.7 Å². The van der Waals surface area contributed by atoms with E-state index in [1.165, 1.54) is 0 Å². The molecule has 2 aromatic heterocycles. The van der Waals surface area contributed by atoms with Gasteiger partial charge in [-0.25, -0.2) is 0 Å². The lowest BCUT2D eigenvalue weighted by Crippen LogP contribution is -2.34. The minimum Gasteiger partial charge on any atom is -0.490 e. The van der Waals surface area contributed by atoms with Crippen LogP contribution in [0, 0.1) is 0 Å². The van der Waals surface area contributed by atoms with E-state index in [9.17, 15) is 9.59 Å². The molecule has 0 aliphatic rings. The first kappa shape index (κ1) is 22.3. The van der Waals surface area contributed by atoms with Crippen molar-refractivity contribution in [2.45, 2.75) is 13.8 Å². The third-order valence-corrected chi connectivity index (χ3v) is 4.34. The van der Waals surface area contributed by atoms with Gasteiger partial charge in [0.05, 0.1) is 13.2 Å². The molecule has 10 nitrogen and oxygen atoms in total. The van der Waals surface area contributed by atoms with Crippen molar-refractivity contribution in [3.8, 4) is 23.1 Å². The molecule has 2 heterocycles. The molecule has 2 amide bonds. The Labute approximate surface area is 186 Å². The molecule has 0 spiro atoms.